The van der Waals surface area contributed by atoms with Gasteiger partial charge in [-0.3, -0.25) is 14.6 Å². The highest BCUT2D eigenvalue weighted by molar-refractivity contribution is 7.17. The normalized spacial score (nSPS) is 10.7. The van der Waals surface area contributed by atoms with Crippen LogP contribution in [0.4, 0.5) is 10.1 Å². The number of fused-ring (bicyclic) bond motifs is 1. The van der Waals surface area contributed by atoms with Crippen LogP contribution in [0.25, 0.3) is 10.1 Å². The molecule has 0 saturated heterocycles. The summed E-state index contributed by atoms with van der Waals surface area (Å²) < 4.78 is 24.7. The molecule has 0 bridgehead atoms. The van der Waals surface area contributed by atoms with Gasteiger partial charge in [0.15, 0.2) is 6.61 Å². The SMILES string of the molecule is Cc1ccc(NC(=O)c2ccc(F)cc2)cc1OCc1csc2c(C(=O)OCC(N)=O)cncc12. The fourth-order valence-corrected chi connectivity index (χ4v) is 4.29. The summed E-state index contributed by atoms with van der Waals surface area (Å²) in [6, 6.07) is 10.5. The molecule has 0 saturated carbocycles. The Morgan fingerprint density at radius 1 is 1.11 bits per heavy atom. The van der Waals surface area contributed by atoms with Crippen LogP contribution in [0.15, 0.2) is 60.2 Å². The average molecular weight is 494 g/mol. The van der Waals surface area contributed by atoms with E-state index in [4.69, 9.17) is 15.2 Å². The quantitative estimate of drug-likeness (QED) is 0.355. The number of benzene rings is 2. The summed E-state index contributed by atoms with van der Waals surface area (Å²) in [4.78, 5) is 39.7. The second-order valence-electron chi connectivity index (χ2n) is 7.60. The number of nitrogens with one attached hydrogen (secondary N) is 1. The van der Waals surface area contributed by atoms with Crippen LogP contribution >= 0.6 is 11.3 Å². The Bertz CT molecular complexity index is 1420. The van der Waals surface area contributed by atoms with E-state index in [-0.39, 0.29) is 18.1 Å². The van der Waals surface area contributed by atoms with Crippen LogP contribution in [0, 0.1) is 12.7 Å². The molecule has 8 nitrogen and oxygen atoms in total. The zero-order chi connectivity index (χ0) is 24.9. The largest absolute Gasteiger partial charge is 0.489 e. The van der Waals surface area contributed by atoms with Crippen LogP contribution in [0.3, 0.4) is 0 Å². The Morgan fingerprint density at radius 2 is 1.89 bits per heavy atom. The highest BCUT2D eigenvalue weighted by Gasteiger charge is 2.17. The lowest BCUT2D eigenvalue weighted by Gasteiger charge is -2.12. The van der Waals surface area contributed by atoms with Crippen LogP contribution in [-0.2, 0) is 16.1 Å². The van der Waals surface area contributed by atoms with E-state index in [0.29, 0.717) is 21.7 Å². The number of carbonyl (C=O) groups excluding carboxylic acids is 3. The summed E-state index contributed by atoms with van der Waals surface area (Å²) in [5.41, 5.74) is 7.79. The number of ether oxygens (including phenoxy) is 2. The van der Waals surface area contributed by atoms with Crippen LogP contribution in [0.5, 0.6) is 5.75 Å². The molecule has 2 heterocycles. The predicted molar refractivity (Wildman–Crippen MR) is 129 cm³/mol. The highest BCUT2D eigenvalue weighted by Crippen LogP contribution is 2.31. The molecule has 0 fully saturated rings. The lowest BCUT2D eigenvalue weighted by Crippen LogP contribution is -2.21. The van der Waals surface area contributed by atoms with Crippen molar-refractivity contribution in [3.05, 3.63) is 88.3 Å². The smallest absolute Gasteiger partial charge is 0.341 e. The lowest BCUT2D eigenvalue weighted by molar-refractivity contribution is -0.121. The van der Waals surface area contributed by atoms with Gasteiger partial charge in [-0.25, -0.2) is 9.18 Å². The van der Waals surface area contributed by atoms with Crippen LogP contribution in [-0.4, -0.2) is 29.4 Å². The number of hydrogen-bond acceptors (Lipinski definition) is 7. The van der Waals surface area contributed by atoms with Crippen molar-refractivity contribution in [3.63, 3.8) is 0 Å². The number of halogens is 1. The molecule has 4 rings (SSSR count). The van der Waals surface area contributed by atoms with Gasteiger partial charge in [0, 0.05) is 40.7 Å². The lowest BCUT2D eigenvalue weighted by atomic mass is 10.1. The van der Waals surface area contributed by atoms with E-state index >= 15 is 0 Å². The van der Waals surface area contributed by atoms with Gasteiger partial charge in [-0.15, -0.1) is 11.3 Å². The van der Waals surface area contributed by atoms with E-state index in [0.717, 1.165) is 16.5 Å². The number of esters is 1. The monoisotopic (exact) mass is 493 g/mol. The second-order valence-corrected chi connectivity index (χ2v) is 8.48. The number of rotatable bonds is 8. The van der Waals surface area contributed by atoms with Crippen molar-refractivity contribution in [1.29, 1.82) is 0 Å². The first-order valence-corrected chi connectivity index (χ1v) is 11.3. The second kappa shape index (κ2) is 10.3. The van der Waals surface area contributed by atoms with Crippen LogP contribution < -0.4 is 15.8 Å². The van der Waals surface area contributed by atoms with Crippen molar-refractivity contribution in [2.24, 2.45) is 5.73 Å². The van der Waals surface area contributed by atoms with Gasteiger partial charge in [0.2, 0.25) is 0 Å². The molecule has 4 aromatic rings. The first-order chi connectivity index (χ1) is 16.8. The van der Waals surface area contributed by atoms with Gasteiger partial charge in [0.1, 0.15) is 18.2 Å². The minimum absolute atomic E-state index is 0.192. The Hall–Kier alpha value is -4.31. The van der Waals surface area contributed by atoms with E-state index in [1.807, 2.05) is 18.4 Å². The number of primary amides is 1. The highest BCUT2D eigenvalue weighted by atomic mass is 32.1. The number of pyridine rings is 1. The average Bonchev–Trinajstić information content (AvgIpc) is 3.26. The van der Waals surface area contributed by atoms with Gasteiger partial charge in [0.25, 0.3) is 11.8 Å². The number of thiophene rings is 1. The van der Waals surface area contributed by atoms with Gasteiger partial charge in [0.05, 0.1) is 10.3 Å². The molecule has 0 unspecified atom stereocenters. The number of carbonyl (C=O) groups is 3. The molecule has 2 amide bonds. The fraction of sp³-hybridized carbons (Fsp3) is 0.120. The zero-order valence-corrected chi connectivity index (χ0v) is 19.4. The summed E-state index contributed by atoms with van der Waals surface area (Å²) in [6.07, 6.45) is 3.01. The van der Waals surface area contributed by atoms with Crippen molar-refractivity contribution < 1.29 is 28.2 Å². The molecule has 3 N–H and O–H groups in total. The Labute approximate surface area is 203 Å². The van der Waals surface area contributed by atoms with Gasteiger partial charge in [-0.1, -0.05) is 6.07 Å². The molecular weight excluding hydrogens is 473 g/mol. The third kappa shape index (κ3) is 5.61. The van der Waals surface area contributed by atoms with Gasteiger partial charge in [-0.05, 0) is 48.2 Å². The summed E-state index contributed by atoms with van der Waals surface area (Å²) in [5.74, 6) is -1.66. The number of aromatic nitrogens is 1. The molecule has 0 aliphatic heterocycles. The molecule has 10 heteroatoms. The van der Waals surface area contributed by atoms with E-state index in [2.05, 4.69) is 10.3 Å². The van der Waals surface area contributed by atoms with Gasteiger partial charge >= 0.3 is 5.97 Å². The number of nitrogens with zero attached hydrogens (tertiary/aromatic N) is 1. The van der Waals surface area contributed by atoms with E-state index in [1.54, 1.807) is 18.3 Å². The minimum atomic E-state index is -0.745. The molecular formula is C25H20FN3O5S. The van der Waals surface area contributed by atoms with Crippen molar-refractivity contribution >= 4 is 44.9 Å². The molecule has 0 aliphatic rings. The van der Waals surface area contributed by atoms with Crippen LogP contribution in [0.1, 0.15) is 31.8 Å². The third-order valence-electron chi connectivity index (χ3n) is 5.06. The van der Waals surface area contributed by atoms with Crippen molar-refractivity contribution in [1.82, 2.24) is 4.98 Å². The summed E-state index contributed by atoms with van der Waals surface area (Å²) >= 11 is 1.33. The topological polar surface area (TPSA) is 121 Å². The number of anilines is 1. The molecule has 0 radical (unpaired) electrons. The minimum Gasteiger partial charge on any atom is -0.489 e. The van der Waals surface area contributed by atoms with Crippen molar-refractivity contribution in [3.8, 4) is 5.75 Å². The number of hydrogen-bond donors (Lipinski definition) is 2. The first-order valence-electron chi connectivity index (χ1n) is 10.4. The van der Waals surface area contributed by atoms with Crippen molar-refractivity contribution in [2.75, 3.05) is 11.9 Å². The van der Waals surface area contributed by atoms with E-state index in [9.17, 15) is 18.8 Å². The maximum atomic E-state index is 13.1. The number of nitrogens with two attached hydrogens (primary N) is 1. The van der Waals surface area contributed by atoms with E-state index in [1.165, 1.54) is 41.8 Å². The molecule has 178 valence electrons. The zero-order valence-electron chi connectivity index (χ0n) is 18.5. The fourth-order valence-electron chi connectivity index (χ4n) is 3.26. The molecule has 2 aromatic heterocycles. The molecule has 35 heavy (non-hydrogen) atoms. The summed E-state index contributed by atoms with van der Waals surface area (Å²) in [6.45, 7) is 1.56. The Kier molecular flexibility index (Phi) is 7.02. The van der Waals surface area contributed by atoms with Crippen molar-refractivity contribution in [2.45, 2.75) is 13.5 Å². The standard InChI is InChI=1S/C25H20FN3O5S/c1-14-2-7-18(29-24(31)15-3-5-17(26)6-4-15)8-21(14)33-11-16-13-35-23-19(16)9-28-10-20(23)25(32)34-12-22(27)30/h2-10,13H,11-12H2,1H3,(H2,27,30)(H,29,31). The summed E-state index contributed by atoms with van der Waals surface area (Å²) in [7, 11) is 0. The Balaban J connectivity index is 1.48. The first kappa shape index (κ1) is 23.8. The predicted octanol–water partition coefficient (Wildman–Crippen LogP) is 4.22. The molecule has 0 spiro atoms. The van der Waals surface area contributed by atoms with Crippen LogP contribution in [0.2, 0.25) is 0 Å². The Morgan fingerprint density at radius 3 is 2.63 bits per heavy atom. The van der Waals surface area contributed by atoms with Gasteiger partial charge in [-0.2, -0.15) is 0 Å². The van der Waals surface area contributed by atoms with Gasteiger partial charge < -0.3 is 20.5 Å². The maximum absolute atomic E-state index is 13.1. The molecule has 0 aliphatic carbocycles. The molecule has 2 aromatic carbocycles. The molecule has 0 atom stereocenters. The third-order valence-corrected chi connectivity index (χ3v) is 6.14. The summed E-state index contributed by atoms with van der Waals surface area (Å²) in [5, 5.41) is 5.35. The van der Waals surface area contributed by atoms with E-state index < -0.39 is 24.3 Å². The number of amides is 2. The maximum Gasteiger partial charge on any atom is 0.341 e. The number of aryl methyl sites for hydroxylation is 1.